The van der Waals surface area contributed by atoms with Crippen LogP contribution in [-0.2, 0) is 14.9 Å². The van der Waals surface area contributed by atoms with Gasteiger partial charge < -0.3 is 15.4 Å². The molecule has 0 aromatic heterocycles. The Morgan fingerprint density at radius 2 is 1.65 bits per heavy atom. The summed E-state index contributed by atoms with van der Waals surface area (Å²) in [5, 5.41) is 6.00. The molecule has 0 bridgehead atoms. The van der Waals surface area contributed by atoms with Crippen molar-refractivity contribution in [2.75, 3.05) is 24.3 Å². The molecule has 0 aliphatic heterocycles. The molecule has 2 aromatic carbocycles. The predicted molar refractivity (Wildman–Crippen MR) is 105 cm³/mol. The minimum Gasteiger partial charge on any atom is -0.465 e. The number of ether oxygens (including phenoxy) is 1. The van der Waals surface area contributed by atoms with Crippen LogP contribution >= 0.6 is 0 Å². The molecule has 0 radical (unpaired) electrons. The first kappa shape index (κ1) is 19.5. The van der Waals surface area contributed by atoms with Crippen LogP contribution in [0.25, 0.3) is 0 Å². The van der Waals surface area contributed by atoms with Crippen LogP contribution in [0.5, 0.6) is 0 Å². The lowest BCUT2D eigenvalue weighted by molar-refractivity contribution is -0.115. The van der Waals surface area contributed by atoms with E-state index in [2.05, 4.69) is 43.5 Å². The zero-order valence-electron chi connectivity index (χ0n) is 15.8. The van der Waals surface area contributed by atoms with E-state index in [1.54, 1.807) is 24.3 Å². The lowest BCUT2D eigenvalue weighted by Gasteiger charge is -2.19. The molecule has 0 saturated carbocycles. The van der Waals surface area contributed by atoms with Gasteiger partial charge in [-0.2, -0.15) is 0 Å². The molecule has 0 unspecified atom stereocenters. The number of amides is 1. The lowest BCUT2D eigenvalue weighted by atomic mass is 9.87. The van der Waals surface area contributed by atoms with E-state index in [-0.39, 0.29) is 17.7 Å². The minimum absolute atomic E-state index is 0.117. The average Bonchev–Trinajstić information content (AvgIpc) is 2.61. The normalized spacial score (nSPS) is 10.9. The zero-order chi connectivity index (χ0) is 19.2. The molecule has 0 aliphatic rings. The van der Waals surface area contributed by atoms with Gasteiger partial charge in [-0.1, -0.05) is 45.0 Å². The number of carbonyl (C=O) groups excluding carboxylic acids is 2. The Morgan fingerprint density at radius 1 is 1.00 bits per heavy atom. The Balaban J connectivity index is 1.87. The number of esters is 1. The molecule has 5 heteroatoms. The van der Waals surface area contributed by atoms with Crippen LogP contribution in [0, 0.1) is 0 Å². The van der Waals surface area contributed by atoms with Crippen LogP contribution < -0.4 is 10.6 Å². The maximum Gasteiger partial charge on any atom is 0.339 e. The summed E-state index contributed by atoms with van der Waals surface area (Å²) >= 11 is 0. The summed E-state index contributed by atoms with van der Waals surface area (Å²) in [6.45, 7) is 7.02. The average molecular weight is 354 g/mol. The topological polar surface area (TPSA) is 67.4 Å². The fourth-order valence-corrected chi connectivity index (χ4v) is 2.50. The fraction of sp³-hybridized carbons (Fsp3) is 0.333. The second-order valence-corrected chi connectivity index (χ2v) is 7.09. The Labute approximate surface area is 154 Å². The van der Waals surface area contributed by atoms with E-state index in [4.69, 9.17) is 4.74 Å². The quantitative estimate of drug-likeness (QED) is 0.763. The number of carbonyl (C=O) groups is 2. The maximum atomic E-state index is 12.1. The summed E-state index contributed by atoms with van der Waals surface area (Å²) in [6, 6.07) is 15.0. The molecule has 0 atom stereocenters. The SMILES string of the molecule is COC(=O)c1ccccc1NC(=O)CCNc1ccc(C(C)(C)C)cc1. The van der Waals surface area contributed by atoms with Gasteiger partial charge in [-0.15, -0.1) is 0 Å². The van der Waals surface area contributed by atoms with Crippen molar-refractivity contribution in [1.29, 1.82) is 0 Å². The molecular weight excluding hydrogens is 328 g/mol. The van der Waals surface area contributed by atoms with Gasteiger partial charge in [0.15, 0.2) is 0 Å². The number of benzene rings is 2. The van der Waals surface area contributed by atoms with Crippen molar-refractivity contribution in [2.45, 2.75) is 32.6 Å². The third kappa shape index (κ3) is 5.34. The van der Waals surface area contributed by atoms with Crippen LogP contribution in [0.1, 0.15) is 43.1 Å². The van der Waals surface area contributed by atoms with E-state index in [0.717, 1.165) is 5.69 Å². The number of rotatable bonds is 6. The first-order valence-electron chi connectivity index (χ1n) is 8.63. The molecular formula is C21H26N2O3. The van der Waals surface area contributed by atoms with Gasteiger partial charge in [0.2, 0.25) is 5.91 Å². The number of nitrogens with one attached hydrogen (secondary N) is 2. The van der Waals surface area contributed by atoms with E-state index in [9.17, 15) is 9.59 Å². The number of hydrogen-bond donors (Lipinski definition) is 2. The highest BCUT2D eigenvalue weighted by molar-refractivity contribution is 6.01. The highest BCUT2D eigenvalue weighted by Crippen LogP contribution is 2.23. The van der Waals surface area contributed by atoms with Crippen LogP contribution in [0.3, 0.4) is 0 Å². The predicted octanol–water partition coefficient (Wildman–Crippen LogP) is 4.21. The van der Waals surface area contributed by atoms with Crippen molar-refractivity contribution in [3.05, 3.63) is 59.7 Å². The van der Waals surface area contributed by atoms with E-state index in [0.29, 0.717) is 17.8 Å². The molecule has 0 fully saturated rings. The van der Waals surface area contributed by atoms with Crippen molar-refractivity contribution >= 4 is 23.3 Å². The molecule has 0 saturated heterocycles. The molecule has 0 aliphatic carbocycles. The van der Waals surface area contributed by atoms with Crippen molar-refractivity contribution < 1.29 is 14.3 Å². The molecule has 2 aromatic rings. The van der Waals surface area contributed by atoms with Crippen molar-refractivity contribution in [1.82, 2.24) is 0 Å². The zero-order valence-corrected chi connectivity index (χ0v) is 15.8. The third-order valence-corrected chi connectivity index (χ3v) is 4.04. The van der Waals surface area contributed by atoms with E-state index in [1.807, 2.05) is 12.1 Å². The maximum absolute atomic E-state index is 12.1. The molecule has 2 N–H and O–H groups in total. The van der Waals surface area contributed by atoms with Gasteiger partial charge in [-0.05, 0) is 35.2 Å². The first-order chi connectivity index (χ1) is 12.3. The lowest BCUT2D eigenvalue weighted by Crippen LogP contribution is -2.18. The van der Waals surface area contributed by atoms with Gasteiger partial charge in [0.1, 0.15) is 0 Å². The Hall–Kier alpha value is -2.82. The number of anilines is 2. The molecule has 0 heterocycles. The molecule has 2 rings (SSSR count). The summed E-state index contributed by atoms with van der Waals surface area (Å²) in [4.78, 5) is 23.9. The molecule has 1 amide bonds. The van der Waals surface area contributed by atoms with Crippen LogP contribution in [0.2, 0.25) is 0 Å². The summed E-state index contributed by atoms with van der Waals surface area (Å²) < 4.78 is 4.73. The van der Waals surface area contributed by atoms with Crippen LogP contribution in [0.15, 0.2) is 48.5 Å². The largest absolute Gasteiger partial charge is 0.465 e. The Morgan fingerprint density at radius 3 is 2.27 bits per heavy atom. The molecule has 138 valence electrons. The molecule has 26 heavy (non-hydrogen) atoms. The third-order valence-electron chi connectivity index (χ3n) is 4.04. The van der Waals surface area contributed by atoms with E-state index < -0.39 is 5.97 Å². The molecule has 5 nitrogen and oxygen atoms in total. The van der Waals surface area contributed by atoms with Crippen molar-refractivity contribution in [3.63, 3.8) is 0 Å². The number of methoxy groups -OCH3 is 1. The van der Waals surface area contributed by atoms with Gasteiger partial charge >= 0.3 is 5.97 Å². The highest BCUT2D eigenvalue weighted by atomic mass is 16.5. The standard InChI is InChI=1S/C21H26N2O3/c1-21(2,3)15-9-11-16(12-10-15)22-14-13-19(24)23-18-8-6-5-7-17(18)20(25)26-4/h5-12,22H,13-14H2,1-4H3,(H,23,24). The van der Waals surface area contributed by atoms with Crippen molar-refractivity contribution in [2.24, 2.45) is 0 Å². The minimum atomic E-state index is -0.474. The van der Waals surface area contributed by atoms with Gasteiger partial charge in [0.05, 0.1) is 18.4 Å². The Kier molecular flexibility index (Phi) is 6.39. The van der Waals surface area contributed by atoms with Gasteiger partial charge in [-0.25, -0.2) is 4.79 Å². The monoisotopic (exact) mass is 354 g/mol. The van der Waals surface area contributed by atoms with Gasteiger partial charge in [0, 0.05) is 18.7 Å². The highest BCUT2D eigenvalue weighted by Gasteiger charge is 2.14. The summed E-state index contributed by atoms with van der Waals surface area (Å²) in [5.74, 6) is -0.641. The second kappa shape index (κ2) is 8.52. The van der Waals surface area contributed by atoms with Crippen LogP contribution in [-0.4, -0.2) is 25.5 Å². The fourth-order valence-electron chi connectivity index (χ4n) is 2.50. The summed E-state index contributed by atoms with van der Waals surface area (Å²) in [6.07, 6.45) is 0.288. The van der Waals surface area contributed by atoms with Gasteiger partial charge in [-0.3, -0.25) is 4.79 Å². The number of para-hydroxylation sites is 1. The summed E-state index contributed by atoms with van der Waals surface area (Å²) in [7, 11) is 1.32. The Bertz CT molecular complexity index is 762. The molecule has 0 spiro atoms. The second-order valence-electron chi connectivity index (χ2n) is 7.09. The van der Waals surface area contributed by atoms with Crippen molar-refractivity contribution in [3.8, 4) is 0 Å². The van der Waals surface area contributed by atoms with Gasteiger partial charge in [0.25, 0.3) is 0 Å². The van der Waals surface area contributed by atoms with E-state index in [1.165, 1.54) is 12.7 Å². The van der Waals surface area contributed by atoms with E-state index >= 15 is 0 Å². The summed E-state index contributed by atoms with van der Waals surface area (Å²) in [5.41, 5.74) is 3.15. The smallest absolute Gasteiger partial charge is 0.339 e. The first-order valence-corrected chi connectivity index (χ1v) is 8.63. The van der Waals surface area contributed by atoms with Crippen LogP contribution in [0.4, 0.5) is 11.4 Å². The number of hydrogen-bond acceptors (Lipinski definition) is 4.